The number of benzene rings is 3. The van der Waals surface area contributed by atoms with Crippen molar-refractivity contribution in [2.45, 2.75) is 0 Å². The fourth-order valence-corrected chi connectivity index (χ4v) is 3.19. The third-order valence-electron chi connectivity index (χ3n) is 4.47. The number of rotatable bonds is 4. The highest BCUT2D eigenvalue weighted by Crippen LogP contribution is 2.30. The zero-order valence-electron chi connectivity index (χ0n) is 15.3. The zero-order valence-corrected chi connectivity index (χ0v) is 16.1. The first-order valence-corrected chi connectivity index (χ1v) is 9.21. The second-order valence-electron chi connectivity index (χ2n) is 6.40. The number of nitrogens with zero attached hydrogens (tertiary/aromatic N) is 3. The minimum atomic E-state index is -0.520. The molecule has 0 spiro atoms. The van der Waals surface area contributed by atoms with Crippen molar-refractivity contribution in [3.63, 3.8) is 0 Å². The number of nitro benzene ring substituents is 1. The van der Waals surface area contributed by atoms with E-state index in [-0.39, 0.29) is 22.8 Å². The van der Waals surface area contributed by atoms with E-state index in [1.807, 2.05) is 0 Å². The number of anilines is 1. The lowest BCUT2D eigenvalue weighted by atomic mass is 10.1. The van der Waals surface area contributed by atoms with Crippen molar-refractivity contribution < 1.29 is 14.1 Å². The molecule has 8 heteroatoms. The molecule has 0 unspecified atom stereocenters. The van der Waals surface area contributed by atoms with Crippen molar-refractivity contribution in [1.82, 2.24) is 0 Å². The van der Waals surface area contributed by atoms with Gasteiger partial charge in [0.05, 0.1) is 16.2 Å². The van der Waals surface area contributed by atoms with Crippen LogP contribution in [-0.4, -0.2) is 16.7 Å². The Bertz CT molecular complexity index is 1210. The molecule has 0 aliphatic carbocycles. The summed E-state index contributed by atoms with van der Waals surface area (Å²) in [4.78, 5) is 29.8. The van der Waals surface area contributed by atoms with E-state index in [4.69, 9.17) is 11.6 Å². The maximum atomic E-state index is 13.4. The minimum Gasteiger partial charge on any atom is -0.266 e. The van der Waals surface area contributed by atoms with Crippen molar-refractivity contribution in [3.05, 3.63) is 111 Å². The van der Waals surface area contributed by atoms with Crippen molar-refractivity contribution in [3.8, 4) is 0 Å². The quantitative estimate of drug-likeness (QED) is 0.329. The summed E-state index contributed by atoms with van der Waals surface area (Å²) in [6.07, 6.45) is 1.37. The Labute approximate surface area is 175 Å². The van der Waals surface area contributed by atoms with Gasteiger partial charge in [0.25, 0.3) is 11.6 Å². The number of amidine groups is 1. The molecule has 0 fully saturated rings. The first kappa shape index (κ1) is 19.5. The summed E-state index contributed by atoms with van der Waals surface area (Å²) in [5.74, 6) is -0.598. The van der Waals surface area contributed by atoms with Crippen LogP contribution in [0.1, 0.15) is 11.1 Å². The first-order chi connectivity index (χ1) is 14.4. The van der Waals surface area contributed by atoms with Crippen LogP contribution in [-0.2, 0) is 4.79 Å². The molecule has 0 radical (unpaired) electrons. The highest BCUT2D eigenvalue weighted by Gasteiger charge is 2.33. The van der Waals surface area contributed by atoms with Crippen molar-refractivity contribution in [1.29, 1.82) is 0 Å². The van der Waals surface area contributed by atoms with Crippen molar-refractivity contribution in [2.75, 3.05) is 4.90 Å². The molecule has 6 nitrogen and oxygen atoms in total. The van der Waals surface area contributed by atoms with Crippen LogP contribution in [0.5, 0.6) is 0 Å². The van der Waals surface area contributed by atoms with E-state index in [1.54, 1.807) is 36.4 Å². The van der Waals surface area contributed by atoms with Crippen LogP contribution in [0, 0.1) is 15.9 Å². The van der Waals surface area contributed by atoms with Crippen LogP contribution in [0.2, 0.25) is 5.02 Å². The Kier molecular flexibility index (Phi) is 5.12. The molecule has 1 amide bonds. The minimum absolute atomic E-state index is 0.0265. The lowest BCUT2D eigenvalue weighted by molar-refractivity contribution is -0.385. The van der Waals surface area contributed by atoms with E-state index >= 15 is 0 Å². The van der Waals surface area contributed by atoms with Crippen LogP contribution in [0.4, 0.5) is 15.8 Å². The monoisotopic (exact) mass is 421 g/mol. The molecule has 1 aliphatic rings. The summed E-state index contributed by atoms with van der Waals surface area (Å²) in [6.45, 7) is 0. The average molecular weight is 422 g/mol. The van der Waals surface area contributed by atoms with Gasteiger partial charge < -0.3 is 0 Å². The van der Waals surface area contributed by atoms with Gasteiger partial charge in [-0.25, -0.2) is 9.38 Å². The molecule has 4 rings (SSSR count). The van der Waals surface area contributed by atoms with Crippen molar-refractivity contribution in [2.24, 2.45) is 4.99 Å². The first-order valence-electron chi connectivity index (χ1n) is 8.84. The Hall–Kier alpha value is -3.84. The number of amides is 1. The van der Waals surface area contributed by atoms with E-state index < -0.39 is 16.6 Å². The van der Waals surface area contributed by atoms with Gasteiger partial charge in [-0.3, -0.25) is 19.8 Å². The largest absolute Gasteiger partial charge is 0.282 e. The van der Waals surface area contributed by atoms with Gasteiger partial charge in [0, 0.05) is 16.7 Å². The second-order valence-corrected chi connectivity index (χ2v) is 6.84. The van der Waals surface area contributed by atoms with Gasteiger partial charge in [0.15, 0.2) is 0 Å². The van der Waals surface area contributed by atoms with Crippen LogP contribution in [0.3, 0.4) is 0 Å². The van der Waals surface area contributed by atoms with E-state index in [2.05, 4.69) is 4.99 Å². The van der Waals surface area contributed by atoms with Gasteiger partial charge in [-0.05, 0) is 60.7 Å². The molecule has 1 aliphatic heterocycles. The number of halogens is 2. The predicted octanol–water partition coefficient (Wildman–Crippen LogP) is 5.22. The molecule has 30 heavy (non-hydrogen) atoms. The molecule has 0 aromatic heterocycles. The third-order valence-corrected chi connectivity index (χ3v) is 4.73. The smallest absolute Gasteiger partial charge is 0.266 e. The number of carbonyl (C=O) groups is 1. The lowest BCUT2D eigenvalue weighted by Gasteiger charge is -2.18. The molecular weight excluding hydrogens is 409 g/mol. The third kappa shape index (κ3) is 3.70. The summed E-state index contributed by atoms with van der Waals surface area (Å²) >= 11 is 5.96. The maximum Gasteiger partial charge on any atom is 0.282 e. The Morgan fingerprint density at radius 1 is 1.00 bits per heavy atom. The van der Waals surface area contributed by atoms with E-state index in [9.17, 15) is 19.3 Å². The summed E-state index contributed by atoms with van der Waals surface area (Å²) in [5, 5.41) is 11.8. The summed E-state index contributed by atoms with van der Waals surface area (Å²) in [6, 6.07) is 18.2. The maximum absolute atomic E-state index is 13.4. The van der Waals surface area contributed by atoms with Crippen LogP contribution in [0.25, 0.3) is 6.08 Å². The van der Waals surface area contributed by atoms with Gasteiger partial charge in [-0.1, -0.05) is 23.7 Å². The molecule has 148 valence electrons. The fraction of sp³-hybridized carbons (Fsp3) is 0. The zero-order chi connectivity index (χ0) is 21.3. The standard InChI is InChI=1S/C22H13ClFN3O3/c23-16-7-11-18(12-8-16)26-21(14-5-9-17(24)10-6-14)25-19(22(26)28)13-15-3-1-2-4-20(15)27(29)30/h1-13H/b19-13+. The SMILES string of the molecule is O=C1/C(=C\c2ccccc2[N+](=O)[O-])N=C(c2ccc(F)cc2)N1c1ccc(Cl)cc1. The van der Waals surface area contributed by atoms with Crippen LogP contribution in [0.15, 0.2) is 83.5 Å². The molecule has 0 bridgehead atoms. The number of para-hydroxylation sites is 1. The molecule has 0 saturated heterocycles. The Balaban J connectivity index is 1.85. The summed E-state index contributed by atoms with van der Waals surface area (Å²) in [7, 11) is 0. The fourth-order valence-electron chi connectivity index (χ4n) is 3.06. The van der Waals surface area contributed by atoms with E-state index in [0.717, 1.165) is 0 Å². The second kappa shape index (κ2) is 7.88. The normalized spacial score (nSPS) is 14.9. The number of hydrogen-bond acceptors (Lipinski definition) is 4. The van der Waals surface area contributed by atoms with E-state index in [0.29, 0.717) is 16.3 Å². The Morgan fingerprint density at radius 2 is 1.67 bits per heavy atom. The molecule has 3 aromatic rings. The molecule has 0 saturated carbocycles. The number of nitro groups is 1. The van der Waals surface area contributed by atoms with Gasteiger partial charge in [-0.2, -0.15) is 0 Å². The van der Waals surface area contributed by atoms with Gasteiger partial charge in [-0.15, -0.1) is 0 Å². The van der Waals surface area contributed by atoms with Gasteiger partial charge in [0.2, 0.25) is 0 Å². The number of aliphatic imine (C=N–C) groups is 1. The molecule has 1 heterocycles. The number of hydrogen-bond donors (Lipinski definition) is 0. The van der Waals surface area contributed by atoms with Gasteiger partial charge in [0.1, 0.15) is 17.3 Å². The summed E-state index contributed by atoms with van der Waals surface area (Å²) < 4.78 is 13.4. The topological polar surface area (TPSA) is 75.8 Å². The Morgan fingerprint density at radius 3 is 2.33 bits per heavy atom. The predicted molar refractivity (Wildman–Crippen MR) is 113 cm³/mol. The van der Waals surface area contributed by atoms with Gasteiger partial charge >= 0.3 is 0 Å². The highest BCUT2D eigenvalue weighted by molar-refractivity contribution is 6.34. The number of carbonyl (C=O) groups excluding carboxylic acids is 1. The average Bonchev–Trinajstić information content (AvgIpc) is 3.05. The van der Waals surface area contributed by atoms with E-state index in [1.165, 1.54) is 47.4 Å². The van der Waals surface area contributed by atoms with Crippen molar-refractivity contribution >= 4 is 40.8 Å². The molecule has 0 N–H and O–H groups in total. The highest BCUT2D eigenvalue weighted by atomic mass is 35.5. The summed E-state index contributed by atoms with van der Waals surface area (Å²) in [5.41, 5.74) is 1.18. The lowest BCUT2D eigenvalue weighted by Crippen LogP contribution is -2.32. The van der Waals surface area contributed by atoms with Crippen LogP contribution >= 0.6 is 11.6 Å². The van der Waals surface area contributed by atoms with Crippen LogP contribution < -0.4 is 4.90 Å². The molecular formula is C22H13ClFN3O3. The molecule has 0 atom stereocenters. The molecule has 3 aromatic carbocycles.